The lowest BCUT2D eigenvalue weighted by molar-refractivity contribution is 0.522. The average Bonchev–Trinajstić information content (AvgIpc) is 3.03. The predicted octanol–water partition coefficient (Wildman–Crippen LogP) is 3.52. The number of aryl methyl sites for hydroxylation is 3. The number of rotatable bonds is 4. The average molecular weight is 416 g/mol. The van der Waals surface area contributed by atoms with E-state index in [1.54, 1.807) is 15.7 Å². The number of hydrogen-bond acceptors (Lipinski definition) is 6. The molecule has 0 radical (unpaired) electrons. The van der Waals surface area contributed by atoms with Crippen molar-refractivity contribution >= 4 is 28.4 Å². The quantitative estimate of drug-likeness (QED) is 0.657. The first-order valence-electron chi connectivity index (χ1n) is 10.0. The molecule has 0 fully saturated rings. The molecular weight excluding hydrogens is 392 g/mol. The number of oxazole rings is 1. The highest BCUT2D eigenvalue weighted by molar-refractivity contribution is 6.03. The van der Waals surface area contributed by atoms with Crippen molar-refractivity contribution in [2.24, 2.45) is 10.8 Å². The topological polar surface area (TPSA) is 93.8 Å². The first-order valence-corrected chi connectivity index (χ1v) is 10.0. The van der Waals surface area contributed by atoms with E-state index in [1.165, 1.54) is 0 Å². The fourth-order valence-electron chi connectivity index (χ4n) is 3.97. The number of anilines is 1. The second-order valence-corrected chi connectivity index (χ2v) is 7.88. The van der Waals surface area contributed by atoms with Gasteiger partial charge < -0.3 is 10.2 Å². The second-order valence-electron chi connectivity index (χ2n) is 7.88. The van der Waals surface area contributed by atoms with Crippen molar-refractivity contribution in [3.63, 3.8) is 0 Å². The minimum atomic E-state index is -0.445. The van der Waals surface area contributed by atoms with E-state index >= 15 is 0 Å². The Hall–Kier alpha value is -3.67. The van der Waals surface area contributed by atoms with Crippen LogP contribution in [0.4, 0.5) is 5.69 Å². The maximum Gasteiger partial charge on any atom is 0.420 e. The second kappa shape index (κ2) is 7.87. The minimum absolute atomic E-state index is 0.221. The van der Waals surface area contributed by atoms with Gasteiger partial charge in [-0.3, -0.25) is 4.57 Å². The molecule has 1 aromatic heterocycles. The Balaban J connectivity index is 1.82. The number of nitrogens with zero attached hydrogens (tertiary/aromatic N) is 3. The molecule has 31 heavy (non-hydrogen) atoms. The molecule has 4 rings (SSSR count). The van der Waals surface area contributed by atoms with Gasteiger partial charge in [-0.05, 0) is 73.7 Å². The van der Waals surface area contributed by atoms with Gasteiger partial charge in [-0.25, -0.2) is 14.6 Å². The van der Waals surface area contributed by atoms with E-state index in [0.29, 0.717) is 29.1 Å². The van der Waals surface area contributed by atoms with Crippen molar-refractivity contribution in [1.82, 2.24) is 4.57 Å². The Morgan fingerprint density at radius 2 is 1.81 bits per heavy atom. The molecule has 0 spiro atoms. The van der Waals surface area contributed by atoms with Crippen LogP contribution < -0.4 is 16.5 Å². The predicted molar refractivity (Wildman–Crippen MR) is 122 cm³/mol. The van der Waals surface area contributed by atoms with Gasteiger partial charge in [0.25, 0.3) is 0 Å². The minimum Gasteiger partial charge on any atom is -0.408 e. The molecule has 0 atom stereocenters. The van der Waals surface area contributed by atoms with E-state index in [1.807, 2.05) is 64.0 Å². The molecule has 7 heteroatoms. The summed E-state index contributed by atoms with van der Waals surface area (Å²) < 4.78 is 6.97. The summed E-state index contributed by atoms with van der Waals surface area (Å²) in [5, 5.41) is 6.35. The Morgan fingerprint density at radius 3 is 2.45 bits per heavy atom. The fourth-order valence-corrected chi connectivity index (χ4v) is 3.97. The standard InChI is InChI=1S/C24H24N4O3/c1-14-5-6-21-22(7-14)31-24(30)27(21)12-20-15(2)10-19(13-29)28(26-20)23-16(3)8-18(11-25)9-17(23)4/h5-10H,11-12,25H2,1-4H3. The number of fused-ring (bicyclic) bond motifs is 1. The molecular formula is C24H24N4O3. The summed E-state index contributed by atoms with van der Waals surface area (Å²) in [5.41, 5.74) is 13.5. The van der Waals surface area contributed by atoms with E-state index in [-0.39, 0.29) is 6.54 Å². The molecule has 0 bridgehead atoms. The van der Waals surface area contributed by atoms with Crippen molar-refractivity contribution in [1.29, 1.82) is 0 Å². The van der Waals surface area contributed by atoms with Crippen LogP contribution in [0.1, 0.15) is 29.2 Å². The number of benzene rings is 2. The highest BCUT2D eigenvalue weighted by atomic mass is 16.4. The van der Waals surface area contributed by atoms with Crippen molar-refractivity contribution < 1.29 is 9.21 Å². The van der Waals surface area contributed by atoms with E-state index in [4.69, 9.17) is 15.3 Å². The summed E-state index contributed by atoms with van der Waals surface area (Å²) >= 11 is 0. The first kappa shape index (κ1) is 20.6. The zero-order valence-electron chi connectivity index (χ0n) is 18.0. The van der Waals surface area contributed by atoms with Crippen LogP contribution in [-0.2, 0) is 17.9 Å². The van der Waals surface area contributed by atoms with Gasteiger partial charge in [0.1, 0.15) is 5.70 Å². The van der Waals surface area contributed by atoms with E-state index < -0.39 is 5.76 Å². The van der Waals surface area contributed by atoms with E-state index in [2.05, 4.69) is 0 Å². The molecule has 0 saturated carbocycles. The molecule has 1 aliphatic heterocycles. The molecule has 2 aromatic carbocycles. The first-order chi connectivity index (χ1) is 14.8. The molecule has 0 unspecified atom stereocenters. The van der Waals surface area contributed by atoms with Gasteiger partial charge in [0.2, 0.25) is 0 Å². The Bertz CT molecular complexity index is 1340. The summed E-state index contributed by atoms with van der Waals surface area (Å²) in [6.45, 7) is 8.38. The van der Waals surface area contributed by atoms with Crippen LogP contribution in [0.5, 0.6) is 0 Å². The van der Waals surface area contributed by atoms with E-state index in [0.717, 1.165) is 33.5 Å². The number of allylic oxidation sites excluding steroid dienone is 2. The van der Waals surface area contributed by atoms with Crippen LogP contribution >= 0.6 is 0 Å². The Morgan fingerprint density at radius 1 is 1.10 bits per heavy atom. The summed E-state index contributed by atoms with van der Waals surface area (Å²) in [6, 6.07) is 9.61. The van der Waals surface area contributed by atoms with Gasteiger partial charge >= 0.3 is 5.76 Å². The van der Waals surface area contributed by atoms with Gasteiger partial charge in [-0.2, -0.15) is 5.10 Å². The maximum absolute atomic E-state index is 12.5. The van der Waals surface area contributed by atoms with Crippen molar-refractivity contribution in [2.75, 3.05) is 5.01 Å². The molecule has 158 valence electrons. The van der Waals surface area contributed by atoms with Gasteiger partial charge in [-0.15, -0.1) is 0 Å². The Kier molecular flexibility index (Phi) is 5.23. The lowest BCUT2D eigenvalue weighted by Crippen LogP contribution is -2.29. The number of aromatic nitrogens is 1. The number of carbonyl (C=O) groups excluding carboxylic acids is 1. The van der Waals surface area contributed by atoms with Crippen LogP contribution in [0.2, 0.25) is 0 Å². The van der Waals surface area contributed by atoms with Crippen LogP contribution in [0.25, 0.3) is 11.1 Å². The molecule has 0 aliphatic carbocycles. The lowest BCUT2D eigenvalue weighted by Gasteiger charge is -2.27. The zero-order chi connectivity index (χ0) is 22.3. The van der Waals surface area contributed by atoms with Gasteiger partial charge in [-0.1, -0.05) is 18.2 Å². The highest BCUT2D eigenvalue weighted by Crippen LogP contribution is 2.32. The van der Waals surface area contributed by atoms with Gasteiger partial charge in [0.15, 0.2) is 11.5 Å². The number of hydrogen-bond donors (Lipinski definition) is 1. The van der Waals surface area contributed by atoms with Crippen molar-refractivity contribution in [2.45, 2.75) is 40.8 Å². The smallest absolute Gasteiger partial charge is 0.408 e. The number of hydrazone groups is 1. The molecule has 0 amide bonds. The molecule has 0 saturated heterocycles. The fraction of sp³-hybridized carbons (Fsp3) is 0.250. The molecule has 1 aliphatic rings. The highest BCUT2D eigenvalue weighted by Gasteiger charge is 2.24. The Labute approximate surface area is 179 Å². The summed E-state index contributed by atoms with van der Waals surface area (Å²) in [6.07, 6.45) is 1.74. The third kappa shape index (κ3) is 3.65. The lowest BCUT2D eigenvalue weighted by atomic mass is 10.0. The van der Waals surface area contributed by atoms with Crippen molar-refractivity contribution in [3.05, 3.63) is 80.5 Å². The molecule has 7 nitrogen and oxygen atoms in total. The third-order valence-electron chi connectivity index (χ3n) is 5.49. The van der Waals surface area contributed by atoms with Gasteiger partial charge in [0.05, 0.1) is 23.5 Å². The summed E-state index contributed by atoms with van der Waals surface area (Å²) in [4.78, 5) is 24.2. The third-order valence-corrected chi connectivity index (χ3v) is 5.49. The van der Waals surface area contributed by atoms with E-state index in [9.17, 15) is 9.59 Å². The largest absolute Gasteiger partial charge is 0.420 e. The molecule has 2 N–H and O–H groups in total. The van der Waals surface area contributed by atoms with Gasteiger partial charge in [0, 0.05) is 6.54 Å². The van der Waals surface area contributed by atoms with Crippen LogP contribution in [0.3, 0.4) is 0 Å². The zero-order valence-corrected chi connectivity index (χ0v) is 18.0. The molecule has 3 aromatic rings. The van der Waals surface area contributed by atoms with Crippen LogP contribution in [0.15, 0.2) is 62.0 Å². The summed E-state index contributed by atoms with van der Waals surface area (Å²) in [7, 11) is 0. The summed E-state index contributed by atoms with van der Waals surface area (Å²) in [5.74, 6) is 1.54. The SMILES string of the molecule is CC1=CC(=C=O)N(c2c(C)cc(CN)cc2C)N=C1Cn1c(=O)oc2cc(C)ccc21. The molecule has 2 heterocycles. The number of nitrogens with two attached hydrogens (primary N) is 1. The van der Waals surface area contributed by atoms with Crippen LogP contribution in [0, 0.1) is 20.8 Å². The maximum atomic E-state index is 12.5. The van der Waals surface area contributed by atoms with Crippen LogP contribution in [-0.4, -0.2) is 16.2 Å². The monoisotopic (exact) mass is 416 g/mol. The van der Waals surface area contributed by atoms with Crippen molar-refractivity contribution in [3.8, 4) is 0 Å². The normalized spacial score (nSPS) is 14.0.